The zero-order valence-corrected chi connectivity index (χ0v) is 17.8. The molecule has 0 spiro atoms. The zero-order valence-electron chi connectivity index (χ0n) is 16.3. The number of allylic oxidation sites excluding steroid dienone is 3. The second-order valence-electron chi connectivity index (χ2n) is 7.48. The third-order valence-corrected chi connectivity index (χ3v) is 6.58. The lowest BCUT2D eigenvalue weighted by Gasteiger charge is -2.14. The lowest BCUT2D eigenvalue weighted by molar-refractivity contribution is -0.137. The summed E-state index contributed by atoms with van der Waals surface area (Å²) < 4.78 is 39.7. The highest BCUT2D eigenvalue weighted by Gasteiger charge is 2.44. The average molecular weight is 439 g/mol. The molecule has 6 heteroatoms. The van der Waals surface area contributed by atoms with E-state index in [0.29, 0.717) is 24.0 Å². The molecule has 1 heterocycles. The number of carbonyl (C=O) groups excluding carboxylic acids is 1. The molecule has 2 atom stereocenters. The first-order valence-corrected chi connectivity index (χ1v) is 10.6. The number of hydrogen-bond donors (Lipinski definition) is 0. The normalized spacial score (nSPS) is 19.3. The van der Waals surface area contributed by atoms with Crippen LogP contribution in [0, 0.1) is 12.8 Å². The van der Waals surface area contributed by atoms with Crippen LogP contribution in [0.25, 0.3) is 5.57 Å². The fourth-order valence-corrected chi connectivity index (χ4v) is 4.73. The summed E-state index contributed by atoms with van der Waals surface area (Å²) in [6, 6.07) is 7.71. The van der Waals surface area contributed by atoms with E-state index in [2.05, 4.69) is 18.7 Å². The monoisotopic (exact) mass is 438 g/mol. The van der Waals surface area contributed by atoms with Crippen LogP contribution in [-0.4, -0.2) is 5.78 Å². The summed E-state index contributed by atoms with van der Waals surface area (Å²) in [5.74, 6) is 0.359. The molecule has 1 aromatic heterocycles. The Kier molecular flexibility index (Phi) is 6.39. The van der Waals surface area contributed by atoms with Crippen molar-refractivity contribution in [3.63, 3.8) is 0 Å². The molecule has 29 heavy (non-hydrogen) atoms. The van der Waals surface area contributed by atoms with Gasteiger partial charge in [0.15, 0.2) is 5.78 Å². The van der Waals surface area contributed by atoms with Gasteiger partial charge in [0, 0.05) is 26.6 Å². The first-order valence-electron chi connectivity index (χ1n) is 9.40. The van der Waals surface area contributed by atoms with Gasteiger partial charge in [-0.25, -0.2) is 0 Å². The van der Waals surface area contributed by atoms with Gasteiger partial charge in [0.1, 0.15) is 0 Å². The lowest BCUT2D eigenvalue weighted by Crippen LogP contribution is -2.08. The Bertz CT molecular complexity index is 971. The Morgan fingerprint density at radius 1 is 1.31 bits per heavy atom. The van der Waals surface area contributed by atoms with E-state index < -0.39 is 11.7 Å². The summed E-state index contributed by atoms with van der Waals surface area (Å²) in [6.07, 6.45) is -0.993. The van der Waals surface area contributed by atoms with E-state index in [0.717, 1.165) is 12.5 Å². The number of halogens is 4. The molecule has 0 unspecified atom stereocenters. The fourth-order valence-electron chi connectivity index (χ4n) is 3.50. The predicted molar refractivity (Wildman–Crippen MR) is 113 cm³/mol. The molecule has 0 N–H and O–H groups in total. The maximum absolute atomic E-state index is 13.2. The molecule has 1 aliphatic carbocycles. The highest BCUT2D eigenvalue weighted by molar-refractivity contribution is 7.12. The van der Waals surface area contributed by atoms with Gasteiger partial charge in [0.05, 0.1) is 5.56 Å². The van der Waals surface area contributed by atoms with Crippen LogP contribution in [0.2, 0.25) is 5.02 Å². The summed E-state index contributed by atoms with van der Waals surface area (Å²) in [7, 11) is 0. The minimum Gasteiger partial charge on any atom is -0.294 e. The predicted octanol–water partition coefficient (Wildman–Crippen LogP) is 7.84. The molecule has 1 fully saturated rings. The summed E-state index contributed by atoms with van der Waals surface area (Å²) >= 11 is 7.61. The van der Waals surface area contributed by atoms with Gasteiger partial charge in [-0.05, 0) is 80.2 Å². The van der Waals surface area contributed by atoms with Gasteiger partial charge in [0.2, 0.25) is 0 Å². The number of thiophene rings is 1. The lowest BCUT2D eigenvalue weighted by atomic mass is 9.97. The maximum Gasteiger partial charge on any atom is 0.416 e. The van der Waals surface area contributed by atoms with Crippen molar-refractivity contribution in [2.75, 3.05) is 0 Å². The van der Waals surface area contributed by atoms with Crippen molar-refractivity contribution in [2.24, 2.45) is 5.92 Å². The number of hydrogen-bond acceptors (Lipinski definition) is 2. The van der Waals surface area contributed by atoms with Crippen molar-refractivity contribution < 1.29 is 18.0 Å². The van der Waals surface area contributed by atoms with Crippen LogP contribution >= 0.6 is 22.9 Å². The average Bonchev–Trinajstić information content (AvgIpc) is 3.33. The molecule has 0 bridgehead atoms. The third kappa shape index (κ3) is 5.20. The van der Waals surface area contributed by atoms with E-state index in [9.17, 15) is 18.0 Å². The van der Waals surface area contributed by atoms with Crippen molar-refractivity contribution in [2.45, 2.75) is 45.2 Å². The molecule has 0 saturated heterocycles. The van der Waals surface area contributed by atoms with E-state index in [1.54, 1.807) is 24.3 Å². The van der Waals surface area contributed by atoms with E-state index >= 15 is 0 Å². The molecule has 0 aliphatic heterocycles. The molecule has 0 amide bonds. The van der Waals surface area contributed by atoms with Crippen LogP contribution in [0.4, 0.5) is 13.2 Å². The minimum absolute atomic E-state index is 0.00427. The number of rotatable bonds is 7. The minimum atomic E-state index is -4.45. The van der Waals surface area contributed by atoms with E-state index in [1.165, 1.54) is 21.9 Å². The molecule has 1 aliphatic rings. The van der Waals surface area contributed by atoms with Crippen molar-refractivity contribution in [1.29, 1.82) is 0 Å². The van der Waals surface area contributed by atoms with E-state index in [4.69, 9.17) is 11.6 Å². The quantitative estimate of drug-likeness (QED) is 0.402. The number of aryl methyl sites for hydroxylation is 1. The molecule has 0 radical (unpaired) electrons. The Morgan fingerprint density at radius 3 is 2.66 bits per heavy atom. The summed E-state index contributed by atoms with van der Waals surface area (Å²) in [5, 5.41) is 0.254. The van der Waals surface area contributed by atoms with Gasteiger partial charge in [-0.3, -0.25) is 4.79 Å². The number of carbonyl (C=O) groups is 1. The van der Waals surface area contributed by atoms with Crippen molar-refractivity contribution in [3.05, 3.63) is 74.5 Å². The van der Waals surface area contributed by atoms with Gasteiger partial charge in [0.25, 0.3) is 0 Å². The maximum atomic E-state index is 13.2. The van der Waals surface area contributed by atoms with Crippen molar-refractivity contribution in [3.8, 4) is 0 Å². The number of benzene rings is 1. The molecule has 154 valence electrons. The smallest absolute Gasteiger partial charge is 0.294 e. The Hall–Kier alpha value is -1.85. The fraction of sp³-hybridized carbons (Fsp3) is 0.348. The van der Waals surface area contributed by atoms with Crippen LogP contribution in [-0.2, 0) is 11.0 Å². The summed E-state index contributed by atoms with van der Waals surface area (Å²) in [5.41, 5.74) is 0.380. The highest BCUT2D eigenvalue weighted by atomic mass is 35.5. The zero-order chi connectivity index (χ0) is 21.3. The van der Waals surface area contributed by atoms with Gasteiger partial charge in [-0.15, -0.1) is 11.3 Å². The first kappa shape index (κ1) is 21.8. The van der Waals surface area contributed by atoms with Crippen LogP contribution in [0.1, 0.15) is 53.0 Å². The standard InChI is InChI=1S/C23H22ClF3OS/c1-13(17-11-16(24)8-9-20(17)23(25,26)27)5-4-6-14(2)22(28)19-12-18(19)21-10-7-15(3)29-21/h5,7-11,18-19H,2,4,6,12H2,1,3H3/b13-5-/t18-,19+/m1/s1. The number of ketones is 1. The summed E-state index contributed by atoms with van der Waals surface area (Å²) in [6.45, 7) is 7.59. The van der Waals surface area contributed by atoms with Crippen molar-refractivity contribution in [1.82, 2.24) is 0 Å². The molecule has 1 aromatic carbocycles. The Labute approximate surface area is 177 Å². The molecule has 2 aromatic rings. The van der Waals surface area contributed by atoms with E-state index in [-0.39, 0.29) is 28.2 Å². The van der Waals surface area contributed by atoms with Gasteiger partial charge in [-0.1, -0.05) is 24.3 Å². The molecule has 1 saturated carbocycles. The van der Waals surface area contributed by atoms with Gasteiger partial charge < -0.3 is 0 Å². The van der Waals surface area contributed by atoms with Crippen LogP contribution in [0.15, 0.2) is 48.6 Å². The van der Waals surface area contributed by atoms with Gasteiger partial charge in [-0.2, -0.15) is 13.2 Å². The second-order valence-corrected chi connectivity index (χ2v) is 9.23. The molecule has 1 nitrogen and oxygen atoms in total. The molecular weight excluding hydrogens is 417 g/mol. The van der Waals surface area contributed by atoms with Crippen LogP contribution in [0.3, 0.4) is 0 Å². The number of alkyl halides is 3. The number of Topliss-reactive ketones (excluding diaryl/α,β-unsaturated/α-hetero) is 1. The topological polar surface area (TPSA) is 17.1 Å². The molecule has 3 rings (SSSR count). The highest BCUT2D eigenvalue weighted by Crippen LogP contribution is 2.51. The summed E-state index contributed by atoms with van der Waals surface area (Å²) in [4.78, 5) is 15.1. The van der Waals surface area contributed by atoms with Crippen LogP contribution < -0.4 is 0 Å². The largest absolute Gasteiger partial charge is 0.416 e. The molecular formula is C23H22ClF3OS. The van der Waals surface area contributed by atoms with Gasteiger partial charge >= 0.3 is 6.18 Å². The van der Waals surface area contributed by atoms with E-state index in [1.807, 2.05) is 6.92 Å². The third-order valence-electron chi connectivity index (χ3n) is 5.21. The van der Waals surface area contributed by atoms with Crippen LogP contribution in [0.5, 0.6) is 0 Å². The Balaban J connectivity index is 1.61. The first-order chi connectivity index (χ1) is 13.6. The Morgan fingerprint density at radius 2 is 2.03 bits per heavy atom. The van der Waals surface area contributed by atoms with Crippen molar-refractivity contribution >= 4 is 34.3 Å². The SMILES string of the molecule is C=C(CC/C=C(/C)c1cc(Cl)ccc1C(F)(F)F)C(=O)[C@H]1C[C@H]1c1ccc(C)s1. The second kappa shape index (κ2) is 8.49.